The molecule has 0 unspecified atom stereocenters. The number of nitrogens with zero attached hydrogens (tertiary/aromatic N) is 2. The van der Waals surface area contributed by atoms with E-state index in [9.17, 15) is 5.11 Å². The predicted octanol–water partition coefficient (Wildman–Crippen LogP) is 5.01. The summed E-state index contributed by atoms with van der Waals surface area (Å²) in [5.74, 6) is -0.102. The van der Waals surface area contributed by atoms with Crippen molar-refractivity contribution in [1.29, 1.82) is 0 Å². The van der Waals surface area contributed by atoms with Gasteiger partial charge in [0.1, 0.15) is 0 Å². The minimum absolute atomic E-state index is 0.102. The summed E-state index contributed by atoms with van der Waals surface area (Å²) in [5, 5.41) is 22.2. The lowest BCUT2D eigenvalue weighted by molar-refractivity contribution is 0.459. The van der Waals surface area contributed by atoms with Gasteiger partial charge in [0.25, 0.3) is 0 Å². The lowest BCUT2D eigenvalue weighted by atomic mass is 10.2. The molecule has 0 aliphatic heterocycles. The van der Waals surface area contributed by atoms with E-state index in [4.69, 9.17) is 23.8 Å². The molecule has 3 aromatic rings. The van der Waals surface area contributed by atoms with Gasteiger partial charge in [0.05, 0.1) is 10.5 Å². The number of aromatic nitrogens is 1. The molecule has 0 bridgehead atoms. The highest BCUT2D eigenvalue weighted by atomic mass is 35.5. The third-order valence-electron chi connectivity index (χ3n) is 3.00. The molecule has 3 rings (SSSR count). The lowest BCUT2D eigenvalue weighted by Crippen LogP contribution is -2.04. The summed E-state index contributed by atoms with van der Waals surface area (Å²) in [4.78, 5) is 2.77. The van der Waals surface area contributed by atoms with E-state index in [0.717, 1.165) is 5.69 Å². The van der Waals surface area contributed by atoms with Crippen molar-refractivity contribution in [3.63, 3.8) is 0 Å². The molecule has 1 aromatic heterocycles. The molecule has 0 spiro atoms. The van der Waals surface area contributed by atoms with Crippen molar-refractivity contribution in [1.82, 2.24) is 4.98 Å². The summed E-state index contributed by atoms with van der Waals surface area (Å²) in [6.45, 7) is 0. The average Bonchev–Trinajstić information content (AvgIpc) is 2.83. The molecule has 7 heteroatoms. The van der Waals surface area contributed by atoms with E-state index < -0.39 is 0 Å². The van der Waals surface area contributed by atoms with Gasteiger partial charge in [0, 0.05) is 11.1 Å². The third-order valence-corrected chi connectivity index (χ3v) is 3.50. The minimum Gasteiger partial charge on any atom is -0.493 e. The number of fused-ring (bicyclic) bond motifs is 1. The second-order valence-electron chi connectivity index (χ2n) is 4.48. The standard InChI is InChI=1S/C15H11ClN4OS/c16-11-8-4-7-10-12(11)18-14(21)13(10)19-20-15(22)17-9-5-2-1-3-6-9/h1-8,18,21H,(H,17,22). The smallest absolute Gasteiger partial charge is 0.218 e. The number of benzene rings is 2. The average molecular weight is 331 g/mol. The zero-order valence-corrected chi connectivity index (χ0v) is 12.8. The Labute approximate surface area is 136 Å². The van der Waals surface area contributed by atoms with Crippen LogP contribution in [0, 0.1) is 0 Å². The number of rotatable bonds is 2. The van der Waals surface area contributed by atoms with E-state index in [-0.39, 0.29) is 11.0 Å². The first-order valence-electron chi connectivity index (χ1n) is 6.42. The summed E-state index contributed by atoms with van der Waals surface area (Å²) >= 11 is 11.2. The number of hydrogen-bond acceptors (Lipinski definition) is 3. The van der Waals surface area contributed by atoms with Crippen LogP contribution in [0.15, 0.2) is 58.8 Å². The third kappa shape index (κ3) is 2.93. The Kier molecular flexibility index (Phi) is 4.04. The molecule has 3 N–H and O–H groups in total. The van der Waals surface area contributed by atoms with E-state index in [1.807, 2.05) is 30.3 Å². The zero-order chi connectivity index (χ0) is 15.5. The first-order chi connectivity index (χ1) is 10.6. The molecular weight excluding hydrogens is 320 g/mol. The number of aromatic amines is 1. The van der Waals surface area contributed by atoms with Crippen LogP contribution >= 0.6 is 23.8 Å². The molecule has 5 nitrogen and oxygen atoms in total. The molecule has 0 aliphatic rings. The zero-order valence-electron chi connectivity index (χ0n) is 11.2. The van der Waals surface area contributed by atoms with Gasteiger partial charge in [-0.2, -0.15) is 0 Å². The van der Waals surface area contributed by atoms with Crippen molar-refractivity contribution in [3.8, 4) is 5.88 Å². The van der Waals surface area contributed by atoms with Gasteiger partial charge in [-0.05, 0) is 30.4 Å². The number of anilines is 1. The molecule has 0 fully saturated rings. The molecule has 0 aliphatic carbocycles. The van der Waals surface area contributed by atoms with Crippen LogP contribution in [0.2, 0.25) is 5.02 Å². The van der Waals surface area contributed by atoms with Gasteiger partial charge < -0.3 is 15.4 Å². The molecule has 0 atom stereocenters. The number of H-pyrrole nitrogens is 1. The van der Waals surface area contributed by atoms with Crippen molar-refractivity contribution in [2.75, 3.05) is 5.32 Å². The van der Waals surface area contributed by atoms with Gasteiger partial charge in [0.2, 0.25) is 11.0 Å². The molecule has 0 saturated heterocycles. The van der Waals surface area contributed by atoms with E-state index in [1.165, 1.54) is 0 Å². The van der Waals surface area contributed by atoms with Gasteiger partial charge >= 0.3 is 0 Å². The quantitative estimate of drug-likeness (QED) is 0.457. The largest absolute Gasteiger partial charge is 0.493 e. The van der Waals surface area contributed by atoms with Gasteiger partial charge in [-0.3, -0.25) is 0 Å². The molecule has 22 heavy (non-hydrogen) atoms. The summed E-state index contributed by atoms with van der Waals surface area (Å²) in [6.07, 6.45) is 0. The molecule has 0 saturated carbocycles. The fourth-order valence-electron chi connectivity index (χ4n) is 2.02. The molecular formula is C15H11ClN4OS. The fourth-order valence-corrected chi connectivity index (χ4v) is 2.40. The molecule has 110 valence electrons. The number of hydrogen-bond donors (Lipinski definition) is 3. The van der Waals surface area contributed by atoms with Crippen molar-refractivity contribution in [2.24, 2.45) is 10.2 Å². The molecule has 0 radical (unpaired) electrons. The second kappa shape index (κ2) is 6.13. The van der Waals surface area contributed by atoms with Crippen LogP contribution in [0.3, 0.4) is 0 Å². The Morgan fingerprint density at radius 1 is 1.14 bits per heavy atom. The Morgan fingerprint density at radius 2 is 1.91 bits per heavy atom. The Morgan fingerprint density at radius 3 is 2.68 bits per heavy atom. The van der Waals surface area contributed by atoms with Crippen molar-refractivity contribution < 1.29 is 5.11 Å². The monoisotopic (exact) mass is 330 g/mol. The number of azo groups is 1. The number of nitrogens with one attached hydrogen (secondary N) is 2. The highest BCUT2D eigenvalue weighted by Gasteiger charge is 2.12. The Hall–Kier alpha value is -2.44. The van der Waals surface area contributed by atoms with Crippen molar-refractivity contribution in [2.45, 2.75) is 0 Å². The van der Waals surface area contributed by atoms with Gasteiger partial charge in [-0.15, -0.1) is 10.2 Å². The van der Waals surface area contributed by atoms with E-state index in [0.29, 0.717) is 21.6 Å². The molecule has 0 amide bonds. The van der Waals surface area contributed by atoms with Crippen LogP contribution in [0.4, 0.5) is 11.4 Å². The summed E-state index contributed by atoms with van der Waals surface area (Å²) < 4.78 is 0. The topological polar surface area (TPSA) is 72.8 Å². The number of para-hydroxylation sites is 2. The van der Waals surface area contributed by atoms with Crippen LogP contribution in [-0.2, 0) is 0 Å². The van der Waals surface area contributed by atoms with Crippen LogP contribution in [0.25, 0.3) is 10.9 Å². The Bertz CT molecular complexity index is 861. The highest BCUT2D eigenvalue weighted by molar-refractivity contribution is 7.80. The highest BCUT2D eigenvalue weighted by Crippen LogP contribution is 2.38. The van der Waals surface area contributed by atoms with E-state index in [2.05, 4.69) is 20.5 Å². The number of thiocarbonyl (C=S) groups is 1. The van der Waals surface area contributed by atoms with Crippen LogP contribution in [0.1, 0.15) is 0 Å². The van der Waals surface area contributed by atoms with Crippen molar-refractivity contribution in [3.05, 3.63) is 53.6 Å². The SMILES string of the molecule is Oc1[nH]c2c(Cl)cccc2c1N=NC(=S)Nc1ccccc1. The summed E-state index contributed by atoms with van der Waals surface area (Å²) in [7, 11) is 0. The van der Waals surface area contributed by atoms with E-state index in [1.54, 1.807) is 18.2 Å². The van der Waals surface area contributed by atoms with Gasteiger partial charge in [-0.1, -0.05) is 41.9 Å². The first-order valence-corrected chi connectivity index (χ1v) is 7.20. The van der Waals surface area contributed by atoms with Gasteiger partial charge in [-0.25, -0.2) is 0 Å². The number of aromatic hydroxyl groups is 1. The summed E-state index contributed by atoms with van der Waals surface area (Å²) in [6, 6.07) is 14.7. The lowest BCUT2D eigenvalue weighted by Gasteiger charge is -2.01. The maximum absolute atomic E-state index is 9.93. The minimum atomic E-state index is -0.102. The maximum atomic E-state index is 9.93. The normalized spacial score (nSPS) is 11.1. The maximum Gasteiger partial charge on any atom is 0.218 e. The molecule has 1 heterocycles. The summed E-state index contributed by atoms with van der Waals surface area (Å²) in [5.41, 5.74) is 1.73. The van der Waals surface area contributed by atoms with Crippen molar-refractivity contribution >= 4 is 51.2 Å². The second-order valence-corrected chi connectivity index (χ2v) is 5.27. The Balaban J connectivity index is 1.85. The van der Waals surface area contributed by atoms with Crippen LogP contribution in [-0.4, -0.2) is 15.2 Å². The predicted molar refractivity (Wildman–Crippen MR) is 92.2 cm³/mol. The molecule has 2 aromatic carbocycles. The fraction of sp³-hybridized carbons (Fsp3) is 0. The number of halogens is 1. The first kappa shape index (κ1) is 14.5. The van der Waals surface area contributed by atoms with Crippen LogP contribution < -0.4 is 5.32 Å². The van der Waals surface area contributed by atoms with Crippen LogP contribution in [0.5, 0.6) is 5.88 Å². The van der Waals surface area contributed by atoms with E-state index >= 15 is 0 Å². The van der Waals surface area contributed by atoms with Gasteiger partial charge in [0.15, 0.2) is 5.69 Å².